The van der Waals surface area contributed by atoms with Gasteiger partial charge in [-0.15, -0.1) is 0 Å². The number of rotatable bonds is 1. The summed E-state index contributed by atoms with van der Waals surface area (Å²) in [5.41, 5.74) is 3.16. The first-order chi connectivity index (χ1) is 8.33. The van der Waals surface area contributed by atoms with Gasteiger partial charge in [-0.1, -0.05) is 30.4 Å². The summed E-state index contributed by atoms with van der Waals surface area (Å²) in [6.45, 7) is 0. The highest BCUT2D eigenvalue weighted by Crippen LogP contribution is 2.21. The largest absolute Gasteiger partial charge is 0.346 e. The Morgan fingerprint density at radius 2 is 1.94 bits per heavy atom. The maximum Gasteiger partial charge on any atom is 0.103 e. The van der Waals surface area contributed by atoms with Gasteiger partial charge in [0.2, 0.25) is 0 Å². The molecule has 0 bridgehead atoms. The number of aromatic amines is 1. The third-order valence-corrected chi connectivity index (χ3v) is 2.92. The van der Waals surface area contributed by atoms with E-state index in [1.54, 1.807) is 6.20 Å². The lowest BCUT2D eigenvalue weighted by Crippen LogP contribution is -1.84. The van der Waals surface area contributed by atoms with Crippen molar-refractivity contribution >= 4 is 23.1 Å². The van der Waals surface area contributed by atoms with Crippen LogP contribution in [0.15, 0.2) is 54.7 Å². The third kappa shape index (κ3) is 1.97. The molecule has 0 unspecified atom stereocenters. The van der Waals surface area contributed by atoms with Gasteiger partial charge in [0.1, 0.15) is 4.64 Å². The molecule has 0 fully saturated rings. The van der Waals surface area contributed by atoms with Crippen molar-refractivity contribution in [1.82, 2.24) is 9.97 Å². The third-order valence-electron chi connectivity index (χ3n) is 2.68. The predicted molar refractivity (Wildman–Crippen MR) is 72.4 cm³/mol. The van der Waals surface area contributed by atoms with Crippen LogP contribution in [0.4, 0.5) is 0 Å². The molecule has 0 aliphatic heterocycles. The lowest BCUT2D eigenvalue weighted by atomic mass is 10.1. The second kappa shape index (κ2) is 4.11. The number of H-pyrrole nitrogens is 1. The Morgan fingerprint density at radius 1 is 1.00 bits per heavy atom. The number of pyridine rings is 2. The number of nitrogens with zero attached hydrogens (tertiary/aromatic N) is 1. The van der Waals surface area contributed by atoms with Crippen LogP contribution < -0.4 is 0 Å². The molecule has 2 heterocycles. The van der Waals surface area contributed by atoms with Crippen molar-refractivity contribution in [2.45, 2.75) is 0 Å². The number of aromatic nitrogens is 2. The topological polar surface area (TPSA) is 28.7 Å². The second-order valence-corrected chi connectivity index (χ2v) is 4.28. The lowest BCUT2D eigenvalue weighted by Gasteiger charge is -2.03. The van der Waals surface area contributed by atoms with Gasteiger partial charge in [0.25, 0.3) is 0 Å². The van der Waals surface area contributed by atoms with Crippen molar-refractivity contribution in [2.24, 2.45) is 0 Å². The number of fused-ring (bicyclic) bond motifs is 1. The highest BCUT2D eigenvalue weighted by molar-refractivity contribution is 7.71. The molecule has 3 aromatic rings. The van der Waals surface area contributed by atoms with Crippen LogP contribution in [0.1, 0.15) is 0 Å². The van der Waals surface area contributed by atoms with Crippen molar-refractivity contribution < 1.29 is 0 Å². The summed E-state index contributed by atoms with van der Waals surface area (Å²) in [5, 5.41) is 1.13. The molecule has 82 valence electrons. The summed E-state index contributed by atoms with van der Waals surface area (Å²) in [4.78, 5) is 7.49. The Labute approximate surface area is 104 Å². The second-order valence-electron chi connectivity index (χ2n) is 3.84. The van der Waals surface area contributed by atoms with Gasteiger partial charge >= 0.3 is 0 Å². The molecule has 1 N–H and O–H groups in total. The molecule has 3 heteroatoms. The number of nitrogens with one attached hydrogen (secondary N) is 1. The van der Waals surface area contributed by atoms with Gasteiger partial charge < -0.3 is 4.98 Å². The van der Waals surface area contributed by atoms with E-state index >= 15 is 0 Å². The van der Waals surface area contributed by atoms with Crippen molar-refractivity contribution in [2.75, 3.05) is 0 Å². The number of hydrogen-bond donors (Lipinski definition) is 1. The van der Waals surface area contributed by atoms with E-state index in [4.69, 9.17) is 12.2 Å². The van der Waals surface area contributed by atoms with Crippen LogP contribution in [-0.2, 0) is 0 Å². The highest BCUT2D eigenvalue weighted by Gasteiger charge is 1.99. The molecular weight excluding hydrogens is 228 g/mol. The molecule has 1 aromatic carbocycles. The molecule has 0 saturated carbocycles. The van der Waals surface area contributed by atoms with Crippen LogP contribution in [-0.4, -0.2) is 9.97 Å². The Bertz CT molecular complexity index is 731. The van der Waals surface area contributed by atoms with Crippen molar-refractivity contribution in [3.05, 3.63) is 59.4 Å². The molecule has 0 aliphatic rings. The maximum absolute atomic E-state index is 5.13. The van der Waals surface area contributed by atoms with Crippen LogP contribution in [0.5, 0.6) is 0 Å². The standard InChI is InChI=1S/C14H10N2S/c17-14-5-1-4-13(16-14)11-6-7-12-10(9-11)3-2-8-15-12/h1-9H,(H,16,17). The molecule has 3 rings (SSSR count). The SMILES string of the molecule is S=c1cccc(-c2ccc3ncccc3c2)[nH]1. The fraction of sp³-hybridized carbons (Fsp3) is 0. The smallest absolute Gasteiger partial charge is 0.103 e. The molecule has 17 heavy (non-hydrogen) atoms. The van der Waals surface area contributed by atoms with Gasteiger partial charge in [0.05, 0.1) is 5.52 Å². The fourth-order valence-electron chi connectivity index (χ4n) is 1.86. The van der Waals surface area contributed by atoms with Gasteiger partial charge in [-0.25, -0.2) is 0 Å². The maximum atomic E-state index is 5.13. The lowest BCUT2D eigenvalue weighted by molar-refractivity contribution is 1.30. The first-order valence-corrected chi connectivity index (χ1v) is 5.78. The molecule has 0 spiro atoms. The Balaban J connectivity index is 2.21. The molecule has 0 radical (unpaired) electrons. The van der Waals surface area contributed by atoms with Crippen LogP contribution in [0.3, 0.4) is 0 Å². The Hall–Kier alpha value is -2.00. The van der Waals surface area contributed by atoms with E-state index in [1.165, 1.54) is 0 Å². The predicted octanol–water partition coefficient (Wildman–Crippen LogP) is 3.96. The van der Waals surface area contributed by atoms with Gasteiger partial charge in [-0.05, 0) is 35.9 Å². The molecule has 0 saturated heterocycles. The first kappa shape index (κ1) is 10.2. The summed E-state index contributed by atoms with van der Waals surface area (Å²) in [7, 11) is 0. The Morgan fingerprint density at radius 3 is 2.82 bits per heavy atom. The molecule has 0 aliphatic carbocycles. The van der Waals surface area contributed by atoms with E-state index < -0.39 is 0 Å². The summed E-state index contributed by atoms with van der Waals surface area (Å²) in [5.74, 6) is 0. The summed E-state index contributed by atoms with van der Waals surface area (Å²) < 4.78 is 0.744. The van der Waals surface area contributed by atoms with Crippen LogP contribution in [0, 0.1) is 4.64 Å². The van der Waals surface area contributed by atoms with Crippen LogP contribution in [0.25, 0.3) is 22.2 Å². The minimum atomic E-state index is 0.744. The minimum Gasteiger partial charge on any atom is -0.346 e. The molecule has 2 nitrogen and oxygen atoms in total. The van der Waals surface area contributed by atoms with Gasteiger partial charge in [0, 0.05) is 17.3 Å². The van der Waals surface area contributed by atoms with Crippen molar-refractivity contribution in [3.63, 3.8) is 0 Å². The summed E-state index contributed by atoms with van der Waals surface area (Å²) in [6.07, 6.45) is 1.80. The van der Waals surface area contributed by atoms with Crippen molar-refractivity contribution in [3.8, 4) is 11.3 Å². The summed E-state index contributed by atoms with van der Waals surface area (Å²) >= 11 is 5.13. The van der Waals surface area contributed by atoms with E-state index in [1.807, 2.05) is 30.3 Å². The molecule has 0 atom stereocenters. The molecule has 0 amide bonds. The van der Waals surface area contributed by atoms with Gasteiger partial charge in [-0.2, -0.15) is 0 Å². The molecule has 2 aromatic heterocycles. The average Bonchev–Trinajstić information content (AvgIpc) is 2.38. The fourth-order valence-corrected chi connectivity index (χ4v) is 2.05. The van der Waals surface area contributed by atoms with Crippen LogP contribution in [0.2, 0.25) is 0 Å². The zero-order valence-electron chi connectivity index (χ0n) is 9.05. The summed E-state index contributed by atoms with van der Waals surface area (Å²) in [6, 6.07) is 16.0. The number of benzene rings is 1. The van der Waals surface area contributed by atoms with Crippen molar-refractivity contribution in [1.29, 1.82) is 0 Å². The molecular formula is C14H10N2S. The van der Waals surface area contributed by atoms with E-state index in [0.717, 1.165) is 26.8 Å². The van der Waals surface area contributed by atoms with E-state index in [9.17, 15) is 0 Å². The zero-order valence-corrected chi connectivity index (χ0v) is 9.87. The highest BCUT2D eigenvalue weighted by atomic mass is 32.1. The minimum absolute atomic E-state index is 0.744. The Kier molecular flexibility index (Phi) is 2.46. The van der Waals surface area contributed by atoms with Gasteiger partial charge in [-0.3, -0.25) is 4.98 Å². The van der Waals surface area contributed by atoms with E-state index in [0.29, 0.717) is 0 Å². The first-order valence-electron chi connectivity index (χ1n) is 5.37. The van der Waals surface area contributed by atoms with E-state index in [2.05, 4.69) is 28.2 Å². The quantitative estimate of drug-likeness (QED) is 0.650. The normalized spacial score (nSPS) is 10.6. The number of hydrogen-bond acceptors (Lipinski definition) is 2. The van der Waals surface area contributed by atoms with Crippen LogP contribution >= 0.6 is 12.2 Å². The van der Waals surface area contributed by atoms with E-state index in [-0.39, 0.29) is 0 Å². The average molecular weight is 238 g/mol. The van der Waals surface area contributed by atoms with Gasteiger partial charge in [0.15, 0.2) is 0 Å². The monoisotopic (exact) mass is 238 g/mol. The zero-order chi connectivity index (χ0) is 11.7.